The van der Waals surface area contributed by atoms with E-state index in [1.54, 1.807) is 18.2 Å². The highest BCUT2D eigenvalue weighted by Gasteiger charge is 2.25. The Hall–Kier alpha value is -3.60. The summed E-state index contributed by atoms with van der Waals surface area (Å²) in [6.45, 7) is 0. The number of carboxylic acid groups (broad SMARTS) is 1. The smallest absolute Gasteiger partial charge is 0.336 e. The van der Waals surface area contributed by atoms with Crippen LogP contribution in [-0.4, -0.2) is 16.1 Å². The van der Waals surface area contributed by atoms with E-state index in [0.717, 1.165) is 29.5 Å². The van der Waals surface area contributed by atoms with Gasteiger partial charge in [0.1, 0.15) is 11.6 Å². The van der Waals surface area contributed by atoms with Crippen LogP contribution in [-0.2, 0) is 12.8 Å². The molecule has 0 saturated carbocycles. The molecule has 0 bridgehead atoms. The lowest BCUT2D eigenvalue weighted by Crippen LogP contribution is -2.07. The van der Waals surface area contributed by atoms with E-state index in [1.807, 2.05) is 18.2 Å². The zero-order valence-electron chi connectivity index (χ0n) is 16.0. The molecule has 1 N–H and O–H groups in total. The topological polar surface area (TPSA) is 50.2 Å². The molecule has 0 atom stereocenters. The number of aryl methyl sites for hydroxylation is 1. The quantitative estimate of drug-likeness (QED) is 0.446. The molecule has 30 heavy (non-hydrogen) atoms. The van der Waals surface area contributed by atoms with Crippen molar-refractivity contribution in [3.63, 3.8) is 0 Å². The number of hydrogen-bond donors (Lipinski definition) is 1. The first-order chi connectivity index (χ1) is 14.5. The summed E-state index contributed by atoms with van der Waals surface area (Å²) >= 11 is 0. The molecule has 5 heteroatoms. The van der Waals surface area contributed by atoms with Crippen LogP contribution >= 0.6 is 0 Å². The van der Waals surface area contributed by atoms with E-state index in [1.165, 1.54) is 24.3 Å². The van der Waals surface area contributed by atoms with Crippen LogP contribution in [0.5, 0.6) is 0 Å². The SMILES string of the molecule is O=C(O)c1c2c(nc3ccc(F)cc13)-c1ccc(-c3ccccc3F)cc1CCC2. The fraction of sp³-hybridized carbons (Fsp3) is 0.120. The number of carbonyl (C=O) groups is 1. The Morgan fingerprint density at radius 2 is 1.77 bits per heavy atom. The number of pyridine rings is 1. The monoisotopic (exact) mass is 401 g/mol. The minimum Gasteiger partial charge on any atom is -0.478 e. The highest BCUT2D eigenvalue weighted by Crippen LogP contribution is 2.38. The van der Waals surface area contributed by atoms with Gasteiger partial charge in [-0.3, -0.25) is 0 Å². The molecule has 0 amide bonds. The van der Waals surface area contributed by atoms with Gasteiger partial charge in [0.2, 0.25) is 0 Å². The molecular weight excluding hydrogens is 384 g/mol. The molecule has 1 aromatic heterocycles. The number of nitrogens with zero attached hydrogens (tertiary/aromatic N) is 1. The van der Waals surface area contributed by atoms with Crippen LogP contribution in [0.4, 0.5) is 8.78 Å². The van der Waals surface area contributed by atoms with Crippen LogP contribution in [0, 0.1) is 11.6 Å². The van der Waals surface area contributed by atoms with E-state index in [9.17, 15) is 18.7 Å². The molecule has 0 unspecified atom stereocenters. The summed E-state index contributed by atoms with van der Waals surface area (Å²) in [6.07, 6.45) is 1.97. The standard InChI is InChI=1S/C25H17F2NO2/c26-16-9-11-22-20(13-16)23(25(29)30)19-6-3-4-14-12-15(8-10-18(14)24(19)28-22)17-5-1-2-7-21(17)27/h1-2,5,7-13H,3-4,6H2,(H,29,30). The van der Waals surface area contributed by atoms with E-state index < -0.39 is 11.8 Å². The Labute approximate surface area is 171 Å². The molecule has 1 aliphatic carbocycles. The van der Waals surface area contributed by atoms with Crippen molar-refractivity contribution in [3.05, 3.63) is 89.0 Å². The van der Waals surface area contributed by atoms with Crippen molar-refractivity contribution >= 4 is 16.9 Å². The number of benzene rings is 3. The first-order valence-electron chi connectivity index (χ1n) is 9.76. The van der Waals surface area contributed by atoms with E-state index in [-0.39, 0.29) is 11.4 Å². The van der Waals surface area contributed by atoms with Crippen LogP contribution in [0.3, 0.4) is 0 Å². The van der Waals surface area contributed by atoms with Crippen molar-refractivity contribution in [1.29, 1.82) is 0 Å². The van der Waals surface area contributed by atoms with Gasteiger partial charge in [0.05, 0.1) is 16.8 Å². The van der Waals surface area contributed by atoms with Crippen LogP contribution < -0.4 is 0 Å². The van der Waals surface area contributed by atoms with Crippen molar-refractivity contribution in [1.82, 2.24) is 4.98 Å². The largest absolute Gasteiger partial charge is 0.478 e. The van der Waals surface area contributed by atoms with Gasteiger partial charge in [-0.2, -0.15) is 0 Å². The average molecular weight is 401 g/mol. The number of aromatic carboxylic acids is 1. The minimum absolute atomic E-state index is 0.112. The summed E-state index contributed by atoms with van der Waals surface area (Å²) < 4.78 is 28.1. The van der Waals surface area contributed by atoms with E-state index in [2.05, 4.69) is 0 Å². The minimum atomic E-state index is -1.09. The molecular formula is C25H17F2NO2. The summed E-state index contributed by atoms with van der Waals surface area (Å²) in [4.78, 5) is 16.8. The number of rotatable bonds is 2. The molecule has 0 radical (unpaired) electrons. The Morgan fingerprint density at radius 3 is 2.57 bits per heavy atom. The number of halogens is 2. The molecule has 1 heterocycles. The Balaban J connectivity index is 1.76. The van der Waals surface area contributed by atoms with Gasteiger partial charge in [-0.25, -0.2) is 18.6 Å². The second-order valence-electron chi connectivity index (χ2n) is 7.49. The molecule has 0 fully saturated rings. The van der Waals surface area contributed by atoms with Crippen molar-refractivity contribution in [2.75, 3.05) is 0 Å². The van der Waals surface area contributed by atoms with Crippen LogP contribution in [0.25, 0.3) is 33.3 Å². The first kappa shape index (κ1) is 18.4. The zero-order valence-corrected chi connectivity index (χ0v) is 16.0. The van der Waals surface area contributed by atoms with Gasteiger partial charge in [-0.05, 0) is 60.2 Å². The van der Waals surface area contributed by atoms with Crippen LogP contribution in [0.1, 0.15) is 27.9 Å². The zero-order chi connectivity index (χ0) is 20.8. The normalized spacial score (nSPS) is 12.9. The van der Waals surface area contributed by atoms with Gasteiger partial charge in [0.25, 0.3) is 0 Å². The third-order valence-corrected chi connectivity index (χ3v) is 5.68. The molecule has 1 aliphatic rings. The molecule has 3 nitrogen and oxygen atoms in total. The lowest BCUT2D eigenvalue weighted by Gasteiger charge is -2.15. The molecule has 4 aromatic rings. The Morgan fingerprint density at radius 1 is 0.933 bits per heavy atom. The molecule has 0 spiro atoms. The summed E-state index contributed by atoms with van der Waals surface area (Å²) in [5.74, 6) is -1.86. The first-order valence-corrected chi connectivity index (χ1v) is 9.76. The number of hydrogen-bond acceptors (Lipinski definition) is 2. The number of aromatic nitrogens is 1. The summed E-state index contributed by atoms with van der Waals surface area (Å²) in [7, 11) is 0. The fourth-order valence-electron chi connectivity index (χ4n) is 4.34. The van der Waals surface area contributed by atoms with Gasteiger partial charge in [-0.1, -0.05) is 36.4 Å². The molecule has 3 aromatic carbocycles. The van der Waals surface area contributed by atoms with Crippen molar-refractivity contribution < 1.29 is 18.7 Å². The highest BCUT2D eigenvalue weighted by atomic mass is 19.1. The number of carboxylic acids is 1. The summed E-state index contributed by atoms with van der Waals surface area (Å²) in [5, 5.41) is 10.2. The third-order valence-electron chi connectivity index (χ3n) is 5.68. The van der Waals surface area contributed by atoms with Crippen molar-refractivity contribution in [3.8, 4) is 22.4 Å². The second-order valence-corrected chi connectivity index (χ2v) is 7.49. The van der Waals surface area contributed by atoms with E-state index in [4.69, 9.17) is 4.98 Å². The summed E-state index contributed by atoms with van der Waals surface area (Å²) in [6, 6.07) is 16.3. The Kier molecular flexibility index (Phi) is 4.31. The van der Waals surface area contributed by atoms with Gasteiger partial charge in [0.15, 0.2) is 0 Å². The van der Waals surface area contributed by atoms with E-state index in [0.29, 0.717) is 34.1 Å². The van der Waals surface area contributed by atoms with Gasteiger partial charge in [0, 0.05) is 16.5 Å². The molecule has 0 aliphatic heterocycles. The molecule has 5 rings (SSSR count). The maximum Gasteiger partial charge on any atom is 0.336 e. The van der Waals surface area contributed by atoms with Crippen LogP contribution in [0.15, 0.2) is 60.7 Å². The van der Waals surface area contributed by atoms with Crippen molar-refractivity contribution in [2.24, 2.45) is 0 Å². The predicted octanol–water partition coefficient (Wildman–Crippen LogP) is 6.03. The van der Waals surface area contributed by atoms with Gasteiger partial charge < -0.3 is 5.11 Å². The Bertz CT molecular complexity index is 1330. The predicted molar refractivity (Wildman–Crippen MR) is 112 cm³/mol. The maximum atomic E-state index is 14.3. The number of fused-ring (bicyclic) bond motifs is 4. The average Bonchev–Trinajstić information content (AvgIpc) is 2.90. The van der Waals surface area contributed by atoms with E-state index >= 15 is 0 Å². The van der Waals surface area contributed by atoms with Gasteiger partial charge in [-0.15, -0.1) is 0 Å². The highest BCUT2D eigenvalue weighted by molar-refractivity contribution is 6.06. The third kappa shape index (κ3) is 2.94. The molecule has 0 saturated heterocycles. The second kappa shape index (κ2) is 7.02. The lowest BCUT2D eigenvalue weighted by atomic mass is 9.93. The van der Waals surface area contributed by atoms with Crippen molar-refractivity contribution in [2.45, 2.75) is 19.3 Å². The fourth-order valence-corrected chi connectivity index (χ4v) is 4.34. The maximum absolute atomic E-state index is 14.3. The van der Waals surface area contributed by atoms with Gasteiger partial charge >= 0.3 is 5.97 Å². The lowest BCUT2D eigenvalue weighted by molar-refractivity contribution is 0.0698. The summed E-state index contributed by atoms with van der Waals surface area (Å²) in [5.41, 5.74) is 4.93. The van der Waals surface area contributed by atoms with Crippen LogP contribution in [0.2, 0.25) is 0 Å². The molecule has 148 valence electrons.